The summed E-state index contributed by atoms with van der Waals surface area (Å²) in [7, 11) is 0. The Morgan fingerprint density at radius 2 is 1.81 bits per heavy atom. The first-order chi connectivity index (χ1) is 12.5. The molecule has 2 aromatic carbocycles. The van der Waals surface area contributed by atoms with Crippen LogP contribution in [0.25, 0.3) is 16.8 Å². The van der Waals surface area contributed by atoms with Crippen molar-refractivity contribution in [3.05, 3.63) is 79.1 Å². The summed E-state index contributed by atoms with van der Waals surface area (Å²) >= 11 is 0. The van der Waals surface area contributed by atoms with Gasteiger partial charge in [0.1, 0.15) is 0 Å². The highest BCUT2D eigenvalue weighted by atomic mass is 16.1. The van der Waals surface area contributed by atoms with Gasteiger partial charge in [0.05, 0.1) is 11.4 Å². The molecule has 0 aliphatic carbocycles. The standard InChI is InChI=1S/C21H20N4O/c1-14(16-5-8-19(9-6-16)25-15(2)26)24-21-12-17(7-10-20(21)22)18-4-3-11-23-13-18/h3-13,24H,1,22H2,2H3,(H,25,26). The number of benzene rings is 2. The Labute approximate surface area is 152 Å². The van der Waals surface area contributed by atoms with Crippen molar-refractivity contribution in [1.29, 1.82) is 0 Å². The fraction of sp³-hybridized carbons (Fsp3) is 0.0476. The Kier molecular flexibility index (Phi) is 4.99. The summed E-state index contributed by atoms with van der Waals surface area (Å²) < 4.78 is 0. The average Bonchev–Trinajstić information content (AvgIpc) is 2.64. The maximum Gasteiger partial charge on any atom is 0.221 e. The van der Waals surface area contributed by atoms with E-state index in [9.17, 15) is 4.79 Å². The van der Waals surface area contributed by atoms with E-state index in [0.29, 0.717) is 5.69 Å². The minimum absolute atomic E-state index is 0.102. The molecule has 130 valence electrons. The van der Waals surface area contributed by atoms with Gasteiger partial charge in [0.15, 0.2) is 0 Å². The number of carbonyl (C=O) groups is 1. The number of anilines is 3. The van der Waals surface area contributed by atoms with Crippen molar-refractivity contribution in [2.75, 3.05) is 16.4 Å². The lowest BCUT2D eigenvalue weighted by Crippen LogP contribution is -2.06. The number of amides is 1. The second-order valence-electron chi connectivity index (χ2n) is 5.91. The maximum atomic E-state index is 11.1. The summed E-state index contributed by atoms with van der Waals surface area (Å²) in [6.07, 6.45) is 3.55. The van der Waals surface area contributed by atoms with Gasteiger partial charge in [-0.05, 0) is 41.5 Å². The monoisotopic (exact) mass is 344 g/mol. The average molecular weight is 344 g/mol. The third kappa shape index (κ3) is 4.08. The van der Waals surface area contributed by atoms with E-state index in [1.165, 1.54) is 6.92 Å². The van der Waals surface area contributed by atoms with Crippen LogP contribution < -0.4 is 16.4 Å². The molecule has 4 N–H and O–H groups in total. The first-order valence-corrected chi connectivity index (χ1v) is 8.17. The summed E-state index contributed by atoms with van der Waals surface area (Å²) in [6.45, 7) is 5.57. The molecule has 0 fully saturated rings. The van der Waals surface area contributed by atoms with E-state index in [0.717, 1.165) is 33.8 Å². The predicted octanol–water partition coefficient (Wildman–Crippen LogP) is 4.37. The van der Waals surface area contributed by atoms with Gasteiger partial charge in [0.25, 0.3) is 0 Å². The number of carbonyl (C=O) groups excluding carboxylic acids is 1. The number of nitrogens with zero attached hydrogens (tertiary/aromatic N) is 1. The van der Waals surface area contributed by atoms with Gasteiger partial charge in [-0.3, -0.25) is 9.78 Å². The highest BCUT2D eigenvalue weighted by Crippen LogP contribution is 2.29. The van der Waals surface area contributed by atoms with E-state index >= 15 is 0 Å². The Morgan fingerprint density at radius 1 is 1.04 bits per heavy atom. The van der Waals surface area contributed by atoms with Crippen molar-refractivity contribution >= 4 is 28.7 Å². The third-order valence-corrected chi connectivity index (χ3v) is 3.89. The molecule has 0 spiro atoms. The van der Waals surface area contributed by atoms with E-state index in [1.54, 1.807) is 6.20 Å². The van der Waals surface area contributed by atoms with Gasteiger partial charge in [-0.1, -0.05) is 30.8 Å². The van der Waals surface area contributed by atoms with Gasteiger partial charge in [-0.2, -0.15) is 0 Å². The van der Waals surface area contributed by atoms with Crippen LogP contribution in [0, 0.1) is 0 Å². The Morgan fingerprint density at radius 3 is 2.46 bits per heavy atom. The lowest BCUT2D eigenvalue weighted by Gasteiger charge is -2.14. The molecule has 26 heavy (non-hydrogen) atoms. The highest BCUT2D eigenvalue weighted by molar-refractivity contribution is 5.89. The second kappa shape index (κ2) is 7.53. The molecule has 5 nitrogen and oxygen atoms in total. The van der Waals surface area contributed by atoms with E-state index in [-0.39, 0.29) is 5.91 Å². The molecule has 0 radical (unpaired) electrons. The molecular formula is C21H20N4O. The van der Waals surface area contributed by atoms with Crippen LogP contribution in [-0.2, 0) is 4.79 Å². The van der Waals surface area contributed by atoms with Crippen LogP contribution in [0.1, 0.15) is 12.5 Å². The molecular weight excluding hydrogens is 324 g/mol. The van der Waals surface area contributed by atoms with Crippen LogP contribution in [0.4, 0.5) is 17.1 Å². The SMILES string of the molecule is C=C(Nc1cc(-c2cccnc2)ccc1N)c1ccc(NC(C)=O)cc1. The summed E-state index contributed by atoms with van der Waals surface area (Å²) in [5.41, 5.74) is 11.9. The molecule has 0 aliphatic rings. The van der Waals surface area contributed by atoms with Crippen LogP contribution >= 0.6 is 0 Å². The third-order valence-electron chi connectivity index (χ3n) is 3.89. The van der Waals surface area contributed by atoms with Crippen molar-refractivity contribution in [3.8, 4) is 11.1 Å². The normalized spacial score (nSPS) is 10.2. The highest BCUT2D eigenvalue weighted by Gasteiger charge is 2.06. The molecule has 0 atom stereocenters. The zero-order valence-electron chi connectivity index (χ0n) is 14.5. The fourth-order valence-corrected chi connectivity index (χ4v) is 2.57. The van der Waals surface area contributed by atoms with Gasteiger partial charge in [0, 0.05) is 36.3 Å². The quantitative estimate of drug-likeness (QED) is 0.600. The van der Waals surface area contributed by atoms with Crippen LogP contribution in [0.3, 0.4) is 0 Å². The number of nitrogen functional groups attached to an aromatic ring is 1. The number of hydrogen-bond donors (Lipinski definition) is 3. The van der Waals surface area contributed by atoms with Crippen molar-refractivity contribution in [3.63, 3.8) is 0 Å². The van der Waals surface area contributed by atoms with Crippen LogP contribution in [0.5, 0.6) is 0 Å². The fourth-order valence-electron chi connectivity index (χ4n) is 2.57. The Hall–Kier alpha value is -3.60. The lowest BCUT2D eigenvalue weighted by molar-refractivity contribution is -0.114. The van der Waals surface area contributed by atoms with Crippen molar-refractivity contribution in [2.24, 2.45) is 0 Å². The molecule has 3 aromatic rings. The molecule has 0 aliphatic heterocycles. The number of nitrogens with one attached hydrogen (secondary N) is 2. The first kappa shape index (κ1) is 17.2. The van der Waals surface area contributed by atoms with Gasteiger partial charge < -0.3 is 16.4 Å². The van der Waals surface area contributed by atoms with E-state index in [2.05, 4.69) is 22.2 Å². The van der Waals surface area contributed by atoms with Gasteiger partial charge >= 0.3 is 0 Å². The zero-order chi connectivity index (χ0) is 18.5. The maximum absolute atomic E-state index is 11.1. The van der Waals surface area contributed by atoms with Crippen molar-refractivity contribution < 1.29 is 4.79 Å². The van der Waals surface area contributed by atoms with Crippen LogP contribution in [0.15, 0.2) is 73.6 Å². The minimum atomic E-state index is -0.102. The number of nitrogens with two attached hydrogens (primary N) is 1. The molecule has 1 heterocycles. The van der Waals surface area contributed by atoms with Crippen molar-refractivity contribution in [1.82, 2.24) is 4.98 Å². The van der Waals surface area contributed by atoms with E-state index in [1.807, 2.05) is 60.8 Å². The number of pyridine rings is 1. The Bertz CT molecular complexity index is 934. The number of aromatic nitrogens is 1. The lowest BCUT2D eigenvalue weighted by atomic mass is 10.1. The second-order valence-corrected chi connectivity index (χ2v) is 5.91. The summed E-state index contributed by atoms with van der Waals surface area (Å²) in [6, 6.07) is 17.1. The van der Waals surface area contributed by atoms with Crippen LogP contribution in [0.2, 0.25) is 0 Å². The topological polar surface area (TPSA) is 80.0 Å². The van der Waals surface area contributed by atoms with Crippen molar-refractivity contribution in [2.45, 2.75) is 6.92 Å². The smallest absolute Gasteiger partial charge is 0.221 e. The summed E-state index contributed by atoms with van der Waals surface area (Å²) in [5.74, 6) is -0.102. The largest absolute Gasteiger partial charge is 0.397 e. The Balaban J connectivity index is 1.79. The molecule has 5 heteroatoms. The van der Waals surface area contributed by atoms with E-state index in [4.69, 9.17) is 5.73 Å². The van der Waals surface area contributed by atoms with Gasteiger partial charge in [0.2, 0.25) is 5.91 Å². The first-order valence-electron chi connectivity index (χ1n) is 8.17. The summed E-state index contributed by atoms with van der Waals surface area (Å²) in [4.78, 5) is 15.3. The van der Waals surface area contributed by atoms with Gasteiger partial charge in [-0.15, -0.1) is 0 Å². The van der Waals surface area contributed by atoms with Gasteiger partial charge in [-0.25, -0.2) is 0 Å². The molecule has 0 saturated heterocycles. The zero-order valence-corrected chi connectivity index (χ0v) is 14.5. The van der Waals surface area contributed by atoms with E-state index < -0.39 is 0 Å². The molecule has 0 bridgehead atoms. The molecule has 0 saturated carbocycles. The molecule has 3 rings (SSSR count). The van der Waals surface area contributed by atoms with Crippen LogP contribution in [-0.4, -0.2) is 10.9 Å². The molecule has 1 aromatic heterocycles. The predicted molar refractivity (Wildman–Crippen MR) is 107 cm³/mol. The molecule has 1 amide bonds. The molecule has 0 unspecified atom stereocenters. The minimum Gasteiger partial charge on any atom is -0.397 e. The number of hydrogen-bond acceptors (Lipinski definition) is 4. The number of rotatable bonds is 5. The summed E-state index contributed by atoms with van der Waals surface area (Å²) in [5, 5.41) is 6.01.